The molecule has 2 aromatic carbocycles. The monoisotopic (exact) mass is 346 g/mol. The number of carbonyl (C=O) groups is 2. The van der Waals surface area contributed by atoms with E-state index in [-0.39, 0.29) is 18.4 Å². The van der Waals surface area contributed by atoms with Crippen LogP contribution >= 0.6 is 0 Å². The van der Waals surface area contributed by atoms with Crippen molar-refractivity contribution in [3.63, 3.8) is 0 Å². The van der Waals surface area contributed by atoms with Crippen molar-refractivity contribution in [3.05, 3.63) is 83.1 Å². The molecule has 1 N–H and O–H groups in total. The zero-order chi connectivity index (χ0) is 18.8. The predicted octanol–water partition coefficient (Wildman–Crippen LogP) is 3.99. The average molecular weight is 346 g/mol. The van der Waals surface area contributed by atoms with Gasteiger partial charge >= 0.3 is 0 Å². The number of nitrogens with zero attached hydrogens (tertiary/aromatic N) is 1. The van der Waals surface area contributed by atoms with Crippen LogP contribution in [0.15, 0.2) is 60.8 Å². The molecule has 0 radical (unpaired) electrons. The van der Waals surface area contributed by atoms with E-state index in [9.17, 15) is 9.59 Å². The number of hydrogen-bond donors (Lipinski definition) is 1. The zero-order valence-electron chi connectivity index (χ0n) is 15.3. The van der Waals surface area contributed by atoms with Crippen molar-refractivity contribution in [1.82, 2.24) is 4.90 Å². The fourth-order valence-corrected chi connectivity index (χ4v) is 3.02. The number of hydrogen-bond acceptors (Lipinski definition) is 3. The Labute approximate surface area is 153 Å². The van der Waals surface area contributed by atoms with Gasteiger partial charge in [0.25, 0.3) is 11.8 Å². The van der Waals surface area contributed by atoms with Gasteiger partial charge in [-0.15, -0.1) is 6.58 Å². The number of rotatable bonds is 5. The maximum absolute atomic E-state index is 12.9. The minimum Gasteiger partial charge on any atom is -0.350 e. The minimum absolute atomic E-state index is 0.186. The summed E-state index contributed by atoms with van der Waals surface area (Å²) in [6.45, 7) is 9.83. The lowest BCUT2D eigenvalue weighted by Crippen LogP contribution is -2.32. The normalized spacial score (nSPS) is 14.2. The first-order chi connectivity index (χ1) is 12.4. The summed E-state index contributed by atoms with van der Waals surface area (Å²) in [5, 5.41) is 3.17. The van der Waals surface area contributed by atoms with Gasteiger partial charge in [0.15, 0.2) is 0 Å². The Kier molecular flexibility index (Phi) is 4.76. The Bertz CT molecular complexity index is 941. The predicted molar refractivity (Wildman–Crippen MR) is 105 cm³/mol. The van der Waals surface area contributed by atoms with Gasteiger partial charge in [-0.05, 0) is 55.2 Å². The average Bonchev–Trinajstić information content (AvgIpc) is 2.82. The summed E-state index contributed by atoms with van der Waals surface area (Å²) in [6.07, 6.45) is 1.56. The van der Waals surface area contributed by atoms with Crippen LogP contribution in [0.4, 0.5) is 5.69 Å². The Morgan fingerprint density at radius 3 is 2.42 bits per heavy atom. The Balaban J connectivity index is 2.12. The standard InChI is InChI=1S/C22H22N2O2/c1-5-11-24-21(25)19(17-10-9-15(3)16(4)13-17)20(22(24)26)23-18-8-6-7-14(2)12-18/h5-10,12-13,23H,1,11H2,2-4H3. The van der Waals surface area contributed by atoms with Crippen LogP contribution in [0.3, 0.4) is 0 Å². The molecule has 0 aromatic heterocycles. The third-order valence-electron chi connectivity index (χ3n) is 4.56. The van der Waals surface area contributed by atoms with Crippen LogP contribution in [0.5, 0.6) is 0 Å². The van der Waals surface area contributed by atoms with Crippen LogP contribution < -0.4 is 5.32 Å². The van der Waals surface area contributed by atoms with E-state index in [2.05, 4.69) is 11.9 Å². The highest BCUT2D eigenvalue weighted by molar-refractivity contribution is 6.36. The second kappa shape index (κ2) is 7.00. The van der Waals surface area contributed by atoms with E-state index < -0.39 is 0 Å². The number of anilines is 1. The molecule has 26 heavy (non-hydrogen) atoms. The minimum atomic E-state index is -0.329. The summed E-state index contributed by atoms with van der Waals surface area (Å²) in [4.78, 5) is 27.0. The van der Waals surface area contributed by atoms with E-state index >= 15 is 0 Å². The largest absolute Gasteiger partial charge is 0.350 e. The molecule has 132 valence electrons. The van der Waals surface area contributed by atoms with Gasteiger partial charge < -0.3 is 5.32 Å². The Hall–Kier alpha value is -3.14. The first-order valence-electron chi connectivity index (χ1n) is 8.55. The zero-order valence-corrected chi connectivity index (χ0v) is 15.3. The summed E-state index contributed by atoms with van der Waals surface area (Å²) in [5.41, 5.74) is 5.53. The lowest BCUT2D eigenvalue weighted by molar-refractivity contribution is -0.136. The van der Waals surface area contributed by atoms with Gasteiger partial charge in [-0.25, -0.2) is 0 Å². The van der Waals surface area contributed by atoms with Gasteiger partial charge in [-0.1, -0.05) is 36.4 Å². The van der Waals surface area contributed by atoms with Crippen molar-refractivity contribution >= 4 is 23.1 Å². The van der Waals surface area contributed by atoms with Crippen LogP contribution in [-0.2, 0) is 9.59 Å². The van der Waals surface area contributed by atoms with E-state index in [4.69, 9.17) is 0 Å². The van der Waals surface area contributed by atoms with Gasteiger partial charge in [0.1, 0.15) is 5.70 Å². The second-order valence-corrected chi connectivity index (χ2v) is 6.55. The molecule has 0 fully saturated rings. The smallest absolute Gasteiger partial charge is 0.278 e. The highest BCUT2D eigenvalue weighted by Gasteiger charge is 2.38. The molecule has 0 unspecified atom stereocenters. The van der Waals surface area contributed by atoms with Gasteiger partial charge in [0, 0.05) is 12.2 Å². The molecular formula is C22H22N2O2. The maximum Gasteiger partial charge on any atom is 0.278 e. The second-order valence-electron chi connectivity index (χ2n) is 6.55. The van der Waals surface area contributed by atoms with Gasteiger partial charge in [-0.2, -0.15) is 0 Å². The molecule has 1 heterocycles. The first kappa shape index (κ1) is 17.7. The highest BCUT2D eigenvalue weighted by atomic mass is 16.2. The van der Waals surface area contributed by atoms with E-state index in [1.807, 2.05) is 63.2 Å². The quantitative estimate of drug-likeness (QED) is 0.658. The van der Waals surface area contributed by atoms with E-state index in [0.29, 0.717) is 11.3 Å². The number of benzene rings is 2. The number of amides is 2. The van der Waals surface area contributed by atoms with Crippen LogP contribution in [-0.4, -0.2) is 23.3 Å². The molecule has 3 rings (SSSR count). The van der Waals surface area contributed by atoms with Crippen molar-refractivity contribution in [2.45, 2.75) is 20.8 Å². The van der Waals surface area contributed by atoms with Crippen LogP contribution in [0.1, 0.15) is 22.3 Å². The fourth-order valence-electron chi connectivity index (χ4n) is 3.02. The Morgan fingerprint density at radius 2 is 1.77 bits per heavy atom. The molecule has 2 aromatic rings. The topological polar surface area (TPSA) is 49.4 Å². The molecule has 0 aliphatic carbocycles. The summed E-state index contributed by atoms with van der Waals surface area (Å²) in [7, 11) is 0. The van der Waals surface area contributed by atoms with Crippen LogP contribution in [0, 0.1) is 20.8 Å². The molecule has 0 bridgehead atoms. The maximum atomic E-state index is 12.9. The fraction of sp³-hybridized carbons (Fsp3) is 0.182. The summed E-state index contributed by atoms with van der Waals surface area (Å²) in [6, 6.07) is 13.5. The van der Waals surface area contributed by atoms with E-state index in [1.54, 1.807) is 6.08 Å². The molecule has 0 atom stereocenters. The van der Waals surface area contributed by atoms with E-state index in [1.165, 1.54) is 4.90 Å². The van der Waals surface area contributed by atoms with Crippen molar-refractivity contribution in [1.29, 1.82) is 0 Å². The highest BCUT2D eigenvalue weighted by Crippen LogP contribution is 2.31. The molecule has 4 nitrogen and oxygen atoms in total. The molecule has 4 heteroatoms. The SMILES string of the molecule is C=CCN1C(=O)C(Nc2cccc(C)c2)=C(c2ccc(C)c(C)c2)C1=O. The third kappa shape index (κ3) is 3.18. The molecule has 0 saturated heterocycles. The van der Waals surface area contributed by atoms with Gasteiger partial charge in [0.2, 0.25) is 0 Å². The van der Waals surface area contributed by atoms with Crippen molar-refractivity contribution < 1.29 is 9.59 Å². The molecule has 0 spiro atoms. The van der Waals surface area contributed by atoms with Gasteiger partial charge in [0.05, 0.1) is 5.57 Å². The van der Waals surface area contributed by atoms with Gasteiger partial charge in [-0.3, -0.25) is 14.5 Å². The number of imide groups is 1. The van der Waals surface area contributed by atoms with Crippen molar-refractivity contribution in [2.24, 2.45) is 0 Å². The van der Waals surface area contributed by atoms with Crippen LogP contribution in [0.2, 0.25) is 0 Å². The lowest BCUT2D eigenvalue weighted by atomic mass is 9.99. The van der Waals surface area contributed by atoms with E-state index in [0.717, 1.165) is 27.9 Å². The molecule has 0 saturated carbocycles. The summed E-state index contributed by atoms with van der Waals surface area (Å²) < 4.78 is 0. The summed E-state index contributed by atoms with van der Waals surface area (Å²) in [5.74, 6) is -0.627. The first-order valence-corrected chi connectivity index (χ1v) is 8.55. The van der Waals surface area contributed by atoms with Crippen molar-refractivity contribution in [2.75, 3.05) is 11.9 Å². The number of nitrogens with one attached hydrogen (secondary N) is 1. The summed E-state index contributed by atoms with van der Waals surface area (Å²) >= 11 is 0. The van der Waals surface area contributed by atoms with Crippen molar-refractivity contribution in [3.8, 4) is 0 Å². The molecule has 1 aliphatic rings. The van der Waals surface area contributed by atoms with Crippen LogP contribution in [0.25, 0.3) is 5.57 Å². The molecule has 2 amide bonds. The number of aryl methyl sites for hydroxylation is 3. The molecular weight excluding hydrogens is 324 g/mol. The third-order valence-corrected chi connectivity index (χ3v) is 4.56. The molecule has 1 aliphatic heterocycles. The Morgan fingerprint density at radius 1 is 1.00 bits per heavy atom. The lowest BCUT2D eigenvalue weighted by Gasteiger charge is -2.12. The number of carbonyl (C=O) groups excluding carboxylic acids is 2.